The number of fused-ring (bicyclic) bond motifs is 2. The van der Waals surface area contributed by atoms with E-state index < -0.39 is 5.82 Å². The number of benzene rings is 1. The van der Waals surface area contributed by atoms with Crippen LogP contribution in [0, 0.1) is 18.2 Å². The lowest BCUT2D eigenvalue weighted by Crippen LogP contribution is -2.30. The Morgan fingerprint density at radius 3 is 2.67 bits per heavy atom. The van der Waals surface area contributed by atoms with Crippen molar-refractivity contribution in [3.8, 4) is 11.3 Å². The van der Waals surface area contributed by atoms with Gasteiger partial charge in [-0.2, -0.15) is 10.2 Å². The number of hydrogen-bond acceptors (Lipinski definition) is 7. The summed E-state index contributed by atoms with van der Waals surface area (Å²) in [6.07, 6.45) is 1.87. The lowest BCUT2D eigenvalue weighted by atomic mass is 9.91. The number of amides is 1. The number of aryl methyl sites for hydroxylation is 1. The molecule has 6 rings (SSSR count). The molecule has 3 aromatic heterocycles. The molecule has 2 aliphatic rings. The zero-order valence-electron chi connectivity index (χ0n) is 23.3. The van der Waals surface area contributed by atoms with E-state index in [0.717, 1.165) is 38.2 Å². The standard InChI is InChI=1S/C29H32FN7O2S/c1-16-19(6-7-20(30)26(16)32-27(38)23-10-17-13-29(2,3)14-24(17)40-23)21-12-22(28(39)36(5)33-21)31-25-11-18-15-35(4)8-9-37(18)34-25/h6-7,10-12H,8-9,13-15H2,1-5H3,(H,31,34)(H,32,38). The van der Waals surface area contributed by atoms with Gasteiger partial charge in [-0.3, -0.25) is 19.2 Å². The van der Waals surface area contributed by atoms with Gasteiger partial charge in [-0.15, -0.1) is 11.3 Å². The first-order chi connectivity index (χ1) is 19.0. The summed E-state index contributed by atoms with van der Waals surface area (Å²) < 4.78 is 18.2. The van der Waals surface area contributed by atoms with Crippen LogP contribution in [0.3, 0.4) is 0 Å². The molecule has 0 saturated heterocycles. The van der Waals surface area contributed by atoms with Crippen LogP contribution in [0.4, 0.5) is 21.6 Å². The molecule has 9 nitrogen and oxygen atoms in total. The van der Waals surface area contributed by atoms with Gasteiger partial charge < -0.3 is 10.6 Å². The van der Waals surface area contributed by atoms with E-state index in [1.54, 1.807) is 26.1 Å². The Morgan fingerprint density at radius 1 is 1.10 bits per heavy atom. The Kier molecular flexibility index (Phi) is 6.38. The SMILES string of the molecule is Cc1c(-c2cc(Nc3cc4n(n3)CCN(C)C4)c(=O)n(C)n2)ccc(F)c1NC(=O)c1cc2c(s1)CC(C)(C)C2. The lowest BCUT2D eigenvalue weighted by Gasteiger charge is -2.22. The van der Waals surface area contributed by atoms with Crippen LogP contribution in [-0.4, -0.2) is 44.0 Å². The van der Waals surface area contributed by atoms with E-state index in [9.17, 15) is 9.59 Å². The van der Waals surface area contributed by atoms with E-state index in [-0.39, 0.29) is 22.6 Å². The molecule has 0 bridgehead atoms. The van der Waals surface area contributed by atoms with E-state index in [1.165, 1.54) is 32.5 Å². The quantitative estimate of drug-likeness (QED) is 0.366. The highest BCUT2D eigenvalue weighted by molar-refractivity contribution is 7.14. The van der Waals surface area contributed by atoms with Crippen LogP contribution in [0.15, 0.2) is 35.1 Å². The van der Waals surface area contributed by atoms with Gasteiger partial charge in [-0.25, -0.2) is 9.07 Å². The minimum atomic E-state index is -0.531. The summed E-state index contributed by atoms with van der Waals surface area (Å²) >= 11 is 1.48. The van der Waals surface area contributed by atoms with Gasteiger partial charge in [0.1, 0.15) is 11.5 Å². The number of likely N-dealkylation sites (N-methyl/N-ethyl adjacent to an activating group) is 1. The largest absolute Gasteiger partial charge is 0.334 e. The number of carbonyl (C=O) groups excluding carboxylic acids is 1. The molecular weight excluding hydrogens is 529 g/mol. The summed E-state index contributed by atoms with van der Waals surface area (Å²) in [5, 5.41) is 15.0. The molecule has 11 heteroatoms. The van der Waals surface area contributed by atoms with Gasteiger partial charge in [-0.1, -0.05) is 13.8 Å². The monoisotopic (exact) mass is 561 g/mol. The molecular formula is C29H32FN7O2S. The van der Waals surface area contributed by atoms with Crippen LogP contribution < -0.4 is 16.2 Å². The summed E-state index contributed by atoms with van der Waals surface area (Å²) in [4.78, 5) is 30.1. The molecule has 0 atom stereocenters. The van der Waals surface area contributed by atoms with Crippen molar-refractivity contribution in [2.45, 2.75) is 46.7 Å². The first-order valence-electron chi connectivity index (χ1n) is 13.3. The van der Waals surface area contributed by atoms with Crippen molar-refractivity contribution in [3.63, 3.8) is 0 Å². The fraction of sp³-hybridized carbons (Fsp3) is 0.379. The first kappa shape index (κ1) is 26.4. The second-order valence-corrected chi connectivity index (χ2v) is 12.7. The summed E-state index contributed by atoms with van der Waals surface area (Å²) in [6.45, 7) is 8.65. The van der Waals surface area contributed by atoms with Crippen LogP contribution in [0.25, 0.3) is 11.3 Å². The van der Waals surface area contributed by atoms with Crippen molar-refractivity contribution in [1.29, 1.82) is 0 Å². The van der Waals surface area contributed by atoms with Crippen LogP contribution in [0.1, 0.15) is 45.2 Å². The highest BCUT2D eigenvalue weighted by Gasteiger charge is 2.31. The van der Waals surface area contributed by atoms with Crippen LogP contribution in [-0.2, 0) is 33.0 Å². The predicted molar refractivity (Wildman–Crippen MR) is 155 cm³/mol. The average Bonchev–Trinajstić information content (AvgIpc) is 3.54. The number of halogens is 1. The highest BCUT2D eigenvalue weighted by atomic mass is 32.1. The van der Waals surface area contributed by atoms with E-state index in [0.29, 0.717) is 33.2 Å². The molecule has 1 aliphatic carbocycles. The summed E-state index contributed by atoms with van der Waals surface area (Å²) in [5.41, 5.74) is 4.18. The molecule has 0 fully saturated rings. The number of nitrogens with zero attached hydrogens (tertiary/aromatic N) is 5. The summed E-state index contributed by atoms with van der Waals surface area (Å²) in [7, 11) is 3.63. The normalized spacial score (nSPS) is 16.1. The summed E-state index contributed by atoms with van der Waals surface area (Å²) in [6, 6.07) is 8.44. The number of aromatic nitrogens is 4. The van der Waals surface area contributed by atoms with Gasteiger partial charge >= 0.3 is 0 Å². The highest BCUT2D eigenvalue weighted by Crippen LogP contribution is 2.41. The smallest absolute Gasteiger partial charge is 0.290 e. The third-order valence-corrected chi connectivity index (χ3v) is 8.85. The van der Waals surface area contributed by atoms with Crippen molar-refractivity contribution in [2.24, 2.45) is 12.5 Å². The first-order valence-corrected chi connectivity index (χ1v) is 14.1. The molecule has 40 heavy (non-hydrogen) atoms. The molecule has 1 aromatic carbocycles. The maximum Gasteiger partial charge on any atom is 0.290 e. The summed E-state index contributed by atoms with van der Waals surface area (Å²) in [5.74, 6) is -0.285. The van der Waals surface area contributed by atoms with Gasteiger partial charge in [0.25, 0.3) is 11.5 Å². The van der Waals surface area contributed by atoms with Gasteiger partial charge in [0.2, 0.25) is 0 Å². The topological polar surface area (TPSA) is 97.1 Å². The number of nitrogens with one attached hydrogen (secondary N) is 2. The Morgan fingerprint density at radius 2 is 1.90 bits per heavy atom. The molecule has 1 amide bonds. The molecule has 0 unspecified atom stereocenters. The van der Waals surface area contributed by atoms with Crippen LogP contribution >= 0.6 is 11.3 Å². The van der Waals surface area contributed by atoms with Crippen molar-refractivity contribution in [1.82, 2.24) is 24.5 Å². The molecule has 0 saturated carbocycles. The third-order valence-electron chi connectivity index (χ3n) is 7.67. The lowest BCUT2D eigenvalue weighted by molar-refractivity contribution is 0.102. The van der Waals surface area contributed by atoms with Gasteiger partial charge in [0.05, 0.1) is 28.5 Å². The molecule has 0 spiro atoms. The van der Waals surface area contributed by atoms with Crippen molar-refractivity contribution in [2.75, 3.05) is 24.2 Å². The maximum absolute atomic E-state index is 15.0. The van der Waals surface area contributed by atoms with E-state index in [2.05, 4.69) is 46.6 Å². The van der Waals surface area contributed by atoms with E-state index >= 15 is 4.39 Å². The van der Waals surface area contributed by atoms with Crippen molar-refractivity contribution < 1.29 is 9.18 Å². The van der Waals surface area contributed by atoms with Gasteiger partial charge in [0.15, 0.2) is 5.82 Å². The Labute approximate surface area is 235 Å². The molecule has 2 N–H and O–H groups in total. The van der Waals surface area contributed by atoms with Crippen LogP contribution in [0.2, 0.25) is 0 Å². The van der Waals surface area contributed by atoms with E-state index in [4.69, 9.17) is 0 Å². The predicted octanol–water partition coefficient (Wildman–Crippen LogP) is 4.72. The van der Waals surface area contributed by atoms with Gasteiger partial charge in [-0.05, 0) is 67.6 Å². The number of anilines is 3. The molecule has 208 valence electrons. The minimum absolute atomic E-state index is 0.104. The zero-order valence-corrected chi connectivity index (χ0v) is 24.1. The number of carbonyl (C=O) groups is 1. The number of thiophene rings is 1. The molecule has 0 radical (unpaired) electrons. The molecule has 4 heterocycles. The van der Waals surface area contributed by atoms with Crippen LogP contribution in [0.5, 0.6) is 0 Å². The fourth-order valence-electron chi connectivity index (χ4n) is 5.60. The Hall–Kier alpha value is -3.83. The third kappa shape index (κ3) is 4.84. The van der Waals surface area contributed by atoms with Crippen molar-refractivity contribution in [3.05, 3.63) is 73.1 Å². The minimum Gasteiger partial charge on any atom is -0.334 e. The maximum atomic E-state index is 15.0. The van der Waals surface area contributed by atoms with Crippen molar-refractivity contribution >= 4 is 34.4 Å². The molecule has 4 aromatic rings. The zero-order chi connectivity index (χ0) is 28.3. The molecule has 1 aliphatic heterocycles. The fourth-order valence-corrected chi connectivity index (χ4v) is 6.94. The van der Waals surface area contributed by atoms with E-state index in [1.807, 2.05) is 16.8 Å². The Bertz CT molecular complexity index is 1690. The number of rotatable bonds is 5. The number of hydrogen-bond donors (Lipinski definition) is 2. The van der Waals surface area contributed by atoms with Gasteiger partial charge in [0, 0.05) is 36.6 Å². The average molecular weight is 562 g/mol. The second-order valence-electron chi connectivity index (χ2n) is 11.6. The second kappa shape index (κ2) is 9.67. The Balaban J connectivity index is 1.29.